The molecule has 0 saturated carbocycles. The predicted molar refractivity (Wildman–Crippen MR) is 92.2 cm³/mol. The molecule has 24 heavy (non-hydrogen) atoms. The van der Waals surface area contributed by atoms with Crippen molar-refractivity contribution in [2.45, 2.75) is 0 Å². The first-order valence-corrected chi connectivity index (χ1v) is 7.22. The van der Waals surface area contributed by atoms with Crippen molar-refractivity contribution in [2.24, 2.45) is 0 Å². The van der Waals surface area contributed by atoms with Crippen LogP contribution < -0.4 is 16.2 Å². The fourth-order valence-electron chi connectivity index (χ4n) is 1.75. The summed E-state index contributed by atoms with van der Waals surface area (Å²) in [4.78, 5) is 22.1. The van der Waals surface area contributed by atoms with Gasteiger partial charge < -0.3 is 9.73 Å². The molecule has 1 aromatic heterocycles. The molecule has 0 bridgehead atoms. The summed E-state index contributed by atoms with van der Waals surface area (Å²) in [5, 5.41) is 13.7. The molecule has 1 heterocycles. The minimum atomic E-state index is -0.508. The number of amides is 1. The van der Waals surface area contributed by atoms with Gasteiger partial charge in [-0.25, -0.2) is 0 Å². The van der Waals surface area contributed by atoms with Gasteiger partial charge >= 0.3 is 5.91 Å². The van der Waals surface area contributed by atoms with Gasteiger partial charge in [0.15, 0.2) is 10.9 Å². The lowest BCUT2D eigenvalue weighted by molar-refractivity contribution is -0.384. The van der Waals surface area contributed by atoms with Crippen LogP contribution in [0.1, 0.15) is 10.6 Å². The van der Waals surface area contributed by atoms with E-state index in [9.17, 15) is 14.9 Å². The summed E-state index contributed by atoms with van der Waals surface area (Å²) >= 11 is 4.93. The Bertz CT molecular complexity index is 770. The zero-order valence-electron chi connectivity index (χ0n) is 12.4. The quantitative estimate of drug-likeness (QED) is 0.329. The number of non-ortho nitro benzene ring substituents is 1. The van der Waals surface area contributed by atoms with Crippen molar-refractivity contribution in [2.75, 3.05) is 6.54 Å². The summed E-state index contributed by atoms with van der Waals surface area (Å²) in [6.07, 6.45) is 1.62. The number of hydrazine groups is 1. The van der Waals surface area contributed by atoms with E-state index in [0.29, 0.717) is 17.9 Å². The summed E-state index contributed by atoms with van der Waals surface area (Å²) in [6.45, 7) is 4.00. The van der Waals surface area contributed by atoms with E-state index < -0.39 is 10.8 Å². The molecule has 1 aromatic carbocycles. The van der Waals surface area contributed by atoms with E-state index >= 15 is 0 Å². The summed E-state index contributed by atoms with van der Waals surface area (Å²) < 4.78 is 5.44. The van der Waals surface area contributed by atoms with Gasteiger partial charge in [-0.15, -0.1) is 6.58 Å². The molecule has 2 aromatic rings. The monoisotopic (exact) mass is 346 g/mol. The summed E-state index contributed by atoms with van der Waals surface area (Å²) in [5.74, 6) is -0.0179. The molecule has 1 amide bonds. The van der Waals surface area contributed by atoms with E-state index in [2.05, 4.69) is 22.7 Å². The van der Waals surface area contributed by atoms with Gasteiger partial charge in [0.1, 0.15) is 5.76 Å². The molecule has 124 valence electrons. The number of hydrogen-bond acceptors (Lipinski definition) is 5. The van der Waals surface area contributed by atoms with Crippen molar-refractivity contribution in [3.05, 3.63) is 64.9 Å². The van der Waals surface area contributed by atoms with Crippen molar-refractivity contribution in [3.8, 4) is 11.3 Å². The number of hydrogen-bond donors (Lipinski definition) is 3. The number of furan rings is 1. The highest BCUT2D eigenvalue weighted by Gasteiger charge is 2.13. The van der Waals surface area contributed by atoms with Gasteiger partial charge in [-0.3, -0.25) is 25.8 Å². The number of nitro groups is 1. The van der Waals surface area contributed by atoms with Crippen molar-refractivity contribution in [1.29, 1.82) is 0 Å². The second-order valence-corrected chi connectivity index (χ2v) is 4.95. The number of carbonyl (C=O) groups is 1. The number of nitrogens with zero attached hydrogens (tertiary/aromatic N) is 1. The molecule has 0 spiro atoms. The lowest BCUT2D eigenvalue weighted by atomic mass is 10.1. The number of nitro benzene ring substituents is 1. The Kier molecular flexibility index (Phi) is 5.63. The highest BCUT2D eigenvalue weighted by Crippen LogP contribution is 2.24. The standard InChI is InChI=1S/C15H14N4O4S/c1-2-9-16-15(24)18-17-14(20)13-8-7-12(23-13)10-3-5-11(6-4-10)19(21)22/h2-8H,1,9H2,(H,17,20)(H2,16,18,24). The minimum Gasteiger partial charge on any atom is -0.451 e. The van der Waals surface area contributed by atoms with Gasteiger partial charge in [0.05, 0.1) is 4.92 Å². The first-order valence-electron chi connectivity index (χ1n) is 6.81. The Balaban J connectivity index is 1.99. The fraction of sp³-hybridized carbons (Fsp3) is 0.0667. The summed E-state index contributed by atoms with van der Waals surface area (Å²) in [5.41, 5.74) is 5.51. The number of carbonyl (C=O) groups excluding carboxylic acids is 1. The molecule has 0 atom stereocenters. The summed E-state index contributed by atoms with van der Waals surface area (Å²) in [7, 11) is 0. The highest BCUT2D eigenvalue weighted by atomic mass is 32.1. The first kappa shape index (κ1) is 17.2. The molecule has 2 rings (SSSR count). The van der Waals surface area contributed by atoms with Gasteiger partial charge in [0.2, 0.25) is 0 Å². The number of thiocarbonyl (C=S) groups is 1. The smallest absolute Gasteiger partial charge is 0.305 e. The molecule has 8 nitrogen and oxygen atoms in total. The maximum Gasteiger partial charge on any atom is 0.305 e. The highest BCUT2D eigenvalue weighted by molar-refractivity contribution is 7.80. The topological polar surface area (TPSA) is 109 Å². The first-order chi connectivity index (χ1) is 11.5. The van der Waals surface area contributed by atoms with Crippen LogP contribution in [0.25, 0.3) is 11.3 Å². The largest absolute Gasteiger partial charge is 0.451 e. The average Bonchev–Trinajstić information content (AvgIpc) is 3.08. The van der Waals surface area contributed by atoms with Crippen molar-refractivity contribution < 1.29 is 14.1 Å². The minimum absolute atomic E-state index is 0.0204. The van der Waals surface area contributed by atoms with Crippen LogP contribution >= 0.6 is 12.2 Å². The molecule has 0 aliphatic heterocycles. The maximum absolute atomic E-state index is 11.9. The van der Waals surface area contributed by atoms with Crippen molar-refractivity contribution in [1.82, 2.24) is 16.2 Å². The Labute approximate surface area is 142 Å². The van der Waals surface area contributed by atoms with E-state index in [-0.39, 0.29) is 16.6 Å². The molecule has 0 radical (unpaired) electrons. The SMILES string of the molecule is C=CCNC(=S)NNC(=O)c1ccc(-c2ccc([N+](=O)[O-])cc2)o1. The molecule has 0 unspecified atom stereocenters. The third-order valence-electron chi connectivity index (χ3n) is 2.89. The Morgan fingerprint density at radius 2 is 1.96 bits per heavy atom. The molecule has 0 fully saturated rings. The number of nitrogens with one attached hydrogen (secondary N) is 3. The fourth-order valence-corrected chi connectivity index (χ4v) is 1.88. The van der Waals surface area contributed by atoms with Crippen LogP contribution in [0.15, 0.2) is 53.5 Å². The normalized spacial score (nSPS) is 9.83. The molecule has 9 heteroatoms. The number of rotatable bonds is 5. The molecule has 3 N–H and O–H groups in total. The third-order valence-corrected chi connectivity index (χ3v) is 3.14. The maximum atomic E-state index is 11.9. The summed E-state index contributed by atoms with van der Waals surface area (Å²) in [6, 6.07) is 8.92. The van der Waals surface area contributed by atoms with Crippen LogP contribution in [-0.4, -0.2) is 22.5 Å². The molecule has 0 aliphatic rings. The lowest BCUT2D eigenvalue weighted by Crippen LogP contribution is -2.46. The van der Waals surface area contributed by atoms with Crippen LogP contribution in [0.5, 0.6) is 0 Å². The van der Waals surface area contributed by atoms with Gasteiger partial charge in [0, 0.05) is 24.2 Å². The van der Waals surface area contributed by atoms with Crippen molar-refractivity contribution >= 4 is 28.9 Å². The van der Waals surface area contributed by atoms with Crippen LogP contribution in [0, 0.1) is 10.1 Å². The van der Waals surface area contributed by atoms with Crippen molar-refractivity contribution in [3.63, 3.8) is 0 Å². The predicted octanol–water partition coefficient (Wildman–Crippen LogP) is 2.15. The van der Waals surface area contributed by atoms with Gasteiger partial charge in [-0.05, 0) is 36.5 Å². The lowest BCUT2D eigenvalue weighted by Gasteiger charge is -2.08. The van der Waals surface area contributed by atoms with E-state index in [1.54, 1.807) is 24.3 Å². The van der Waals surface area contributed by atoms with Crippen LogP contribution in [0.4, 0.5) is 5.69 Å². The van der Waals surface area contributed by atoms with Gasteiger partial charge in [-0.1, -0.05) is 6.08 Å². The van der Waals surface area contributed by atoms with Crippen LogP contribution in [-0.2, 0) is 0 Å². The van der Waals surface area contributed by atoms with E-state index in [0.717, 1.165) is 0 Å². The second-order valence-electron chi connectivity index (χ2n) is 4.55. The zero-order valence-corrected chi connectivity index (χ0v) is 13.3. The molecular formula is C15H14N4O4S. The third kappa shape index (κ3) is 4.40. The Hall–Kier alpha value is -3.20. The number of benzene rings is 1. The Morgan fingerprint density at radius 3 is 2.58 bits per heavy atom. The molecule has 0 aliphatic carbocycles. The molecule has 0 saturated heterocycles. The van der Waals surface area contributed by atoms with Gasteiger partial charge in [0.25, 0.3) is 5.69 Å². The second kappa shape index (κ2) is 7.88. The van der Waals surface area contributed by atoms with E-state index in [1.807, 2.05) is 0 Å². The van der Waals surface area contributed by atoms with Crippen LogP contribution in [0.2, 0.25) is 0 Å². The van der Waals surface area contributed by atoms with E-state index in [4.69, 9.17) is 16.6 Å². The zero-order chi connectivity index (χ0) is 17.5. The van der Waals surface area contributed by atoms with E-state index in [1.165, 1.54) is 18.2 Å². The Morgan fingerprint density at radius 1 is 1.25 bits per heavy atom. The average molecular weight is 346 g/mol. The van der Waals surface area contributed by atoms with Gasteiger partial charge in [-0.2, -0.15) is 0 Å². The van der Waals surface area contributed by atoms with Crippen LogP contribution in [0.3, 0.4) is 0 Å². The molecular weight excluding hydrogens is 332 g/mol.